The second-order valence-electron chi connectivity index (χ2n) is 7.40. The van der Waals surface area contributed by atoms with Crippen molar-refractivity contribution in [3.8, 4) is 0 Å². The fourth-order valence-corrected chi connectivity index (χ4v) is 3.26. The second-order valence-corrected chi connectivity index (χ2v) is 7.40. The average Bonchev–Trinajstić information content (AvgIpc) is 2.71. The highest BCUT2D eigenvalue weighted by atomic mass is 16.2. The standard InChI is InChI=1S/C22H27N5O2/c1-5-27-21(29)18-8-6-7-9-19(18)23-22(27)25-24-20(28)16-10-12-17(13-11-16)26(4)14-15(2)3/h6-13,15H,5,14H2,1-4H3,(H,23,25)(H,24,28). The third-order valence-corrected chi connectivity index (χ3v) is 4.67. The van der Waals surface area contributed by atoms with Crippen LogP contribution in [0, 0.1) is 5.92 Å². The largest absolute Gasteiger partial charge is 0.374 e. The zero-order valence-corrected chi connectivity index (χ0v) is 17.3. The Labute approximate surface area is 170 Å². The molecule has 3 rings (SSSR count). The van der Waals surface area contributed by atoms with Crippen molar-refractivity contribution in [1.82, 2.24) is 15.0 Å². The molecule has 0 unspecified atom stereocenters. The molecule has 1 heterocycles. The maximum absolute atomic E-state index is 12.6. The lowest BCUT2D eigenvalue weighted by atomic mass is 10.1. The summed E-state index contributed by atoms with van der Waals surface area (Å²) in [6, 6.07) is 14.6. The van der Waals surface area contributed by atoms with Gasteiger partial charge >= 0.3 is 0 Å². The number of fused-ring (bicyclic) bond motifs is 1. The van der Waals surface area contributed by atoms with Gasteiger partial charge in [-0.25, -0.2) is 4.98 Å². The van der Waals surface area contributed by atoms with E-state index in [1.54, 1.807) is 24.3 Å². The molecule has 0 bridgehead atoms. The van der Waals surface area contributed by atoms with Gasteiger partial charge in [-0.05, 0) is 49.2 Å². The zero-order valence-electron chi connectivity index (χ0n) is 17.3. The summed E-state index contributed by atoms with van der Waals surface area (Å²) in [7, 11) is 2.03. The average molecular weight is 393 g/mol. The molecule has 7 heteroatoms. The number of nitrogens with one attached hydrogen (secondary N) is 2. The molecule has 0 fully saturated rings. The molecule has 0 aliphatic carbocycles. The lowest BCUT2D eigenvalue weighted by Gasteiger charge is -2.21. The van der Waals surface area contributed by atoms with E-state index >= 15 is 0 Å². The molecule has 0 saturated carbocycles. The third kappa shape index (κ3) is 4.56. The van der Waals surface area contributed by atoms with Crippen molar-refractivity contribution < 1.29 is 4.79 Å². The number of carbonyl (C=O) groups is 1. The van der Waals surface area contributed by atoms with Crippen molar-refractivity contribution in [1.29, 1.82) is 0 Å². The first-order chi connectivity index (χ1) is 13.9. The molecule has 1 amide bonds. The minimum absolute atomic E-state index is 0.146. The Morgan fingerprint density at radius 2 is 1.83 bits per heavy atom. The maximum atomic E-state index is 12.6. The van der Waals surface area contributed by atoms with Crippen LogP contribution in [0.5, 0.6) is 0 Å². The van der Waals surface area contributed by atoms with Crippen molar-refractivity contribution in [2.45, 2.75) is 27.3 Å². The summed E-state index contributed by atoms with van der Waals surface area (Å²) in [6.07, 6.45) is 0. The fraction of sp³-hybridized carbons (Fsp3) is 0.318. The predicted octanol–water partition coefficient (Wildman–Crippen LogP) is 3.27. The summed E-state index contributed by atoms with van der Waals surface area (Å²) in [5, 5.41) is 0.548. The number of aromatic nitrogens is 2. The Morgan fingerprint density at radius 3 is 2.48 bits per heavy atom. The maximum Gasteiger partial charge on any atom is 0.269 e. The van der Waals surface area contributed by atoms with Gasteiger partial charge < -0.3 is 4.90 Å². The van der Waals surface area contributed by atoms with Crippen LogP contribution in [0.15, 0.2) is 53.3 Å². The van der Waals surface area contributed by atoms with Crippen molar-refractivity contribution in [3.05, 3.63) is 64.4 Å². The monoisotopic (exact) mass is 393 g/mol. The van der Waals surface area contributed by atoms with Crippen LogP contribution in [0.3, 0.4) is 0 Å². The van der Waals surface area contributed by atoms with Crippen LogP contribution in [0.4, 0.5) is 11.6 Å². The summed E-state index contributed by atoms with van der Waals surface area (Å²) >= 11 is 0. The molecule has 0 saturated heterocycles. The van der Waals surface area contributed by atoms with Crippen molar-refractivity contribution in [2.24, 2.45) is 5.92 Å². The van der Waals surface area contributed by atoms with E-state index in [2.05, 4.69) is 34.6 Å². The molecule has 0 aliphatic heterocycles. The number of nitrogens with zero attached hydrogens (tertiary/aromatic N) is 3. The van der Waals surface area contributed by atoms with E-state index in [4.69, 9.17) is 0 Å². The van der Waals surface area contributed by atoms with Gasteiger partial charge in [0.15, 0.2) is 0 Å². The number of benzene rings is 2. The summed E-state index contributed by atoms with van der Waals surface area (Å²) < 4.78 is 1.49. The number of hydrogen-bond donors (Lipinski definition) is 2. The molecule has 0 spiro atoms. The summed E-state index contributed by atoms with van der Waals surface area (Å²) in [5.41, 5.74) is 7.45. The highest BCUT2D eigenvalue weighted by molar-refractivity contribution is 5.95. The normalized spacial score (nSPS) is 10.9. The second kappa shape index (κ2) is 8.77. The van der Waals surface area contributed by atoms with Crippen LogP contribution in [-0.4, -0.2) is 29.1 Å². The Morgan fingerprint density at radius 1 is 1.14 bits per heavy atom. The number of para-hydroxylation sites is 1. The molecule has 1 aromatic heterocycles. The topological polar surface area (TPSA) is 79.3 Å². The molecule has 29 heavy (non-hydrogen) atoms. The van der Waals surface area contributed by atoms with E-state index in [-0.39, 0.29) is 11.5 Å². The van der Waals surface area contributed by atoms with Gasteiger partial charge in [-0.1, -0.05) is 26.0 Å². The lowest BCUT2D eigenvalue weighted by molar-refractivity contribution is 0.0962. The van der Waals surface area contributed by atoms with Gasteiger partial charge in [-0.15, -0.1) is 0 Å². The first-order valence-corrected chi connectivity index (χ1v) is 9.77. The number of anilines is 2. The SMILES string of the molecule is CCn1c(NNC(=O)c2ccc(N(C)CC(C)C)cc2)nc2ccccc2c1=O. The molecule has 152 valence electrons. The first-order valence-electron chi connectivity index (χ1n) is 9.77. The minimum Gasteiger partial charge on any atom is -0.374 e. The zero-order chi connectivity index (χ0) is 21.0. The number of rotatable bonds is 7. The fourth-order valence-electron chi connectivity index (χ4n) is 3.26. The minimum atomic E-state index is -0.298. The summed E-state index contributed by atoms with van der Waals surface area (Å²) in [4.78, 5) is 31.8. The van der Waals surface area contributed by atoms with Gasteiger partial charge in [0.2, 0.25) is 5.95 Å². The molecule has 3 aromatic rings. The number of carbonyl (C=O) groups excluding carboxylic acids is 1. The van der Waals surface area contributed by atoms with Gasteiger partial charge in [0.1, 0.15) is 0 Å². The molecule has 0 aliphatic rings. The Kier molecular flexibility index (Phi) is 6.16. The van der Waals surface area contributed by atoms with Crippen molar-refractivity contribution in [3.63, 3.8) is 0 Å². The Hall–Kier alpha value is -3.35. The van der Waals surface area contributed by atoms with E-state index in [0.29, 0.717) is 34.9 Å². The smallest absolute Gasteiger partial charge is 0.269 e. The molecule has 0 radical (unpaired) electrons. The van der Waals surface area contributed by atoms with Gasteiger partial charge in [0, 0.05) is 31.4 Å². The third-order valence-electron chi connectivity index (χ3n) is 4.67. The van der Waals surface area contributed by atoms with Crippen molar-refractivity contribution >= 4 is 28.4 Å². The Balaban J connectivity index is 1.75. The number of hydrogen-bond acceptors (Lipinski definition) is 5. The van der Waals surface area contributed by atoms with Crippen LogP contribution >= 0.6 is 0 Å². The van der Waals surface area contributed by atoms with Crippen molar-refractivity contribution in [2.75, 3.05) is 23.9 Å². The van der Waals surface area contributed by atoms with Crippen LogP contribution in [0.25, 0.3) is 10.9 Å². The molecular formula is C22H27N5O2. The number of hydrazine groups is 1. The molecule has 2 N–H and O–H groups in total. The predicted molar refractivity (Wildman–Crippen MR) is 117 cm³/mol. The van der Waals surface area contributed by atoms with E-state index in [1.165, 1.54) is 4.57 Å². The molecule has 2 aromatic carbocycles. The van der Waals surface area contributed by atoms with Crippen LogP contribution < -0.4 is 21.3 Å². The highest BCUT2D eigenvalue weighted by Crippen LogP contribution is 2.15. The summed E-state index contributed by atoms with van der Waals surface area (Å²) in [5.74, 6) is 0.559. The van der Waals surface area contributed by atoms with Gasteiger partial charge in [-0.2, -0.15) is 0 Å². The molecule has 0 atom stereocenters. The number of amides is 1. The van der Waals surface area contributed by atoms with Gasteiger partial charge in [0.25, 0.3) is 11.5 Å². The van der Waals surface area contributed by atoms with Crippen LogP contribution in [0.2, 0.25) is 0 Å². The van der Waals surface area contributed by atoms with Gasteiger partial charge in [0.05, 0.1) is 10.9 Å². The first kappa shape index (κ1) is 20.4. The summed E-state index contributed by atoms with van der Waals surface area (Å²) in [6.45, 7) is 7.57. The van der Waals surface area contributed by atoms with E-state index in [1.807, 2.05) is 38.2 Å². The van der Waals surface area contributed by atoms with E-state index in [0.717, 1.165) is 12.2 Å². The van der Waals surface area contributed by atoms with E-state index in [9.17, 15) is 9.59 Å². The quantitative estimate of drug-likeness (QED) is 0.603. The van der Waals surface area contributed by atoms with Crippen LogP contribution in [-0.2, 0) is 6.54 Å². The van der Waals surface area contributed by atoms with E-state index < -0.39 is 0 Å². The molecular weight excluding hydrogens is 366 g/mol. The highest BCUT2D eigenvalue weighted by Gasteiger charge is 2.12. The van der Waals surface area contributed by atoms with Crippen LogP contribution in [0.1, 0.15) is 31.1 Å². The molecule has 7 nitrogen and oxygen atoms in total. The Bertz CT molecular complexity index is 1060. The lowest BCUT2D eigenvalue weighted by Crippen LogP contribution is -2.34. The van der Waals surface area contributed by atoms with Gasteiger partial charge in [-0.3, -0.25) is 25.0 Å².